The number of nitrogens with zero attached hydrogens (tertiary/aromatic N) is 6. The standard InChI is InChI=1S/C51H86FN6O13PS/c1-14-39-44(72)41(59)32(7)56(12)26-28(3)23-50(9,63)47(30(5)43(31(6)48(62)69-39)70-40-24-51(10,66-13)46(61)33(8)68-40)71-49-42(60)37(22-29(4)67-49)55(11)21-20-35-27-57(54-53-35)38(25-52)45(73-15-2)34-16-18-36(19-17-34)58(64)65/h16-19,27-33,37-47,49,59-61,63H,14-15,20-26,72H2,1-13H3/t28-,29-,30+,31-,32-,33+,37+,38-,39-,40+,41-,42-,43+,44+,45-,46+,47-,49+,50-,51-/m1/s1. The Kier molecular flexibility index (Phi) is 22.4. The summed E-state index contributed by atoms with van der Waals surface area (Å²) < 4.78 is 54.9. The average molecular weight is 1070 g/mol. The molecule has 1 aromatic carbocycles. The molecule has 3 fully saturated rings. The van der Waals surface area contributed by atoms with Gasteiger partial charge in [0.2, 0.25) is 0 Å². The number of ether oxygens (including phenoxy) is 6. The van der Waals surface area contributed by atoms with Gasteiger partial charge in [0.25, 0.3) is 5.69 Å². The quantitative estimate of drug-likeness (QED) is 0.0662. The average Bonchev–Trinajstić information content (AvgIpc) is 3.82. The molecule has 0 bridgehead atoms. The summed E-state index contributed by atoms with van der Waals surface area (Å²) >= 11 is 1.52. The molecule has 0 radical (unpaired) electrons. The monoisotopic (exact) mass is 1070 g/mol. The highest BCUT2D eigenvalue weighted by Gasteiger charge is 2.52. The van der Waals surface area contributed by atoms with Crippen LogP contribution in [0.4, 0.5) is 10.1 Å². The molecule has 4 N–H and O–H groups in total. The van der Waals surface area contributed by atoms with Gasteiger partial charge in [-0.1, -0.05) is 45.0 Å². The lowest BCUT2D eigenvalue weighted by molar-refractivity contribution is -0.384. The molecule has 3 saturated heterocycles. The SMILES string of the molecule is CCS[C@H](c1ccc([N+](=O)[O-])cc1)[C@@H](CF)n1cc(CCN(C)[C@H]2C[C@@H](C)O[C@@H](O[C@@H]3[C@@H](C)[C@H](O[C@H]4C[C@@](C)(OC)[C@@H](O)[C@H](C)O4)[C@@H](C)C(=O)O[C@H](CC)[C@H](P)[C@H](O)[C@@H](C)N(C)C[C@H](C)C[C@@]3(C)O)[C@@H]2O)nn1. The van der Waals surface area contributed by atoms with Crippen LogP contribution in [0, 0.1) is 27.9 Å². The lowest BCUT2D eigenvalue weighted by Gasteiger charge is -2.49. The number of halogens is 1. The van der Waals surface area contributed by atoms with E-state index in [1.165, 1.54) is 35.7 Å². The van der Waals surface area contributed by atoms with E-state index in [4.69, 9.17) is 28.4 Å². The number of non-ortho nitro benzene ring substituents is 1. The number of rotatable bonds is 17. The Labute approximate surface area is 438 Å². The largest absolute Gasteiger partial charge is 0.461 e. The number of alkyl halides is 1. The van der Waals surface area contributed by atoms with E-state index in [1.807, 2.05) is 65.4 Å². The summed E-state index contributed by atoms with van der Waals surface area (Å²) in [6.45, 7) is 18.6. The minimum absolute atomic E-state index is 0.0480. The summed E-state index contributed by atoms with van der Waals surface area (Å²) in [6, 6.07) is 4.60. The van der Waals surface area contributed by atoms with Crippen molar-refractivity contribution in [3.8, 4) is 0 Å². The first kappa shape index (κ1) is 61.4. The number of hydrogen-bond donors (Lipinski definition) is 4. The minimum atomic E-state index is -1.62. The van der Waals surface area contributed by atoms with Gasteiger partial charge < -0.3 is 58.6 Å². The summed E-state index contributed by atoms with van der Waals surface area (Å²) in [5.41, 5.74) is -1.88. The molecule has 21 atom stereocenters. The fourth-order valence-electron chi connectivity index (χ4n) is 11.1. The second-order valence-electron chi connectivity index (χ2n) is 21.5. The number of nitro benzene ring substituents is 1. The second-order valence-corrected chi connectivity index (χ2v) is 23.7. The van der Waals surface area contributed by atoms with Gasteiger partial charge in [0.05, 0.1) is 69.5 Å². The van der Waals surface area contributed by atoms with Crippen LogP contribution in [0.25, 0.3) is 0 Å². The summed E-state index contributed by atoms with van der Waals surface area (Å²) in [5, 5.41) is 67.5. The van der Waals surface area contributed by atoms with Crippen molar-refractivity contribution in [2.75, 3.05) is 46.7 Å². The number of cyclic esters (lactones) is 1. The normalized spacial score (nSPS) is 38.5. The van der Waals surface area contributed by atoms with Gasteiger partial charge in [-0.15, -0.1) is 14.3 Å². The van der Waals surface area contributed by atoms with Crippen LogP contribution in [0.1, 0.15) is 117 Å². The van der Waals surface area contributed by atoms with Crippen molar-refractivity contribution in [2.45, 2.75) is 203 Å². The number of hydrogen-bond acceptors (Lipinski definition) is 18. The molecule has 1 unspecified atom stereocenters. The summed E-state index contributed by atoms with van der Waals surface area (Å²) in [4.78, 5) is 29.3. The number of benzene rings is 1. The highest BCUT2D eigenvalue weighted by Crippen LogP contribution is 2.42. The van der Waals surface area contributed by atoms with Crippen molar-refractivity contribution >= 4 is 32.7 Å². The van der Waals surface area contributed by atoms with E-state index < -0.39 is 120 Å². The molecule has 0 saturated carbocycles. The van der Waals surface area contributed by atoms with Gasteiger partial charge in [0.15, 0.2) is 12.6 Å². The summed E-state index contributed by atoms with van der Waals surface area (Å²) in [6.07, 6.45) is -5.87. The first-order valence-corrected chi connectivity index (χ1v) is 27.6. The number of carbonyl (C=O) groups excluding carboxylic acids is 1. The molecule has 19 nitrogen and oxygen atoms in total. The van der Waals surface area contributed by atoms with Crippen LogP contribution in [-0.4, -0.2) is 193 Å². The zero-order valence-electron chi connectivity index (χ0n) is 45.2. The number of methoxy groups -OCH3 is 1. The third kappa shape index (κ3) is 15.0. The van der Waals surface area contributed by atoms with E-state index in [2.05, 4.69) is 19.6 Å². The highest BCUT2D eigenvalue weighted by molar-refractivity contribution is 7.99. The molecular formula is C51H86FN6O13PS. The fourth-order valence-corrected chi connectivity index (χ4v) is 12.9. The second kappa shape index (κ2) is 26.7. The Balaban J connectivity index is 1.43. The van der Waals surface area contributed by atoms with Crippen LogP contribution in [0.5, 0.6) is 0 Å². The first-order chi connectivity index (χ1) is 34.3. The predicted octanol–water partition coefficient (Wildman–Crippen LogP) is 5.51. The van der Waals surface area contributed by atoms with Crippen LogP contribution in [0.2, 0.25) is 0 Å². The Hall–Kier alpha value is -2.50. The molecule has 3 aliphatic heterocycles. The highest BCUT2D eigenvalue weighted by atomic mass is 32.2. The lowest BCUT2D eigenvalue weighted by atomic mass is 9.77. The van der Waals surface area contributed by atoms with Gasteiger partial charge in [-0.05, 0) is 92.1 Å². The van der Waals surface area contributed by atoms with Crippen LogP contribution < -0.4 is 0 Å². The number of aliphatic hydroxyl groups excluding tert-OH is 3. The van der Waals surface area contributed by atoms with Gasteiger partial charge in [0.1, 0.15) is 25.0 Å². The van der Waals surface area contributed by atoms with Crippen molar-refractivity contribution in [1.82, 2.24) is 24.8 Å². The van der Waals surface area contributed by atoms with E-state index in [9.17, 15) is 39.7 Å². The summed E-state index contributed by atoms with van der Waals surface area (Å²) in [5.74, 6) is -1.82. The van der Waals surface area contributed by atoms with E-state index >= 15 is 0 Å². The van der Waals surface area contributed by atoms with Crippen LogP contribution in [0.15, 0.2) is 30.5 Å². The fraction of sp³-hybridized carbons (Fsp3) is 0.824. The molecule has 1 aromatic heterocycles. The molecule has 5 rings (SSSR count). The summed E-state index contributed by atoms with van der Waals surface area (Å²) in [7, 11) is 7.99. The van der Waals surface area contributed by atoms with Crippen molar-refractivity contribution in [1.29, 1.82) is 0 Å². The number of esters is 1. The smallest absolute Gasteiger partial charge is 0.311 e. The first-order valence-electron chi connectivity index (χ1n) is 25.9. The number of aliphatic hydroxyl groups is 4. The topological polar surface area (TPSA) is 234 Å². The number of thioether (sulfide) groups is 1. The Morgan fingerprint density at radius 2 is 1.73 bits per heavy atom. The number of likely N-dealkylation sites (N-methyl/N-ethyl adjacent to an activating group) is 2. The number of nitro groups is 1. The maximum absolute atomic E-state index is 14.9. The molecule has 0 amide bonds. The maximum atomic E-state index is 14.9. The minimum Gasteiger partial charge on any atom is -0.461 e. The third-order valence-corrected chi connectivity index (χ3v) is 17.8. The van der Waals surface area contributed by atoms with Crippen LogP contribution in [-0.2, 0) is 39.6 Å². The van der Waals surface area contributed by atoms with Crippen LogP contribution in [0.3, 0.4) is 0 Å². The molecule has 22 heteroatoms. The maximum Gasteiger partial charge on any atom is 0.311 e. The van der Waals surface area contributed by atoms with Crippen molar-refractivity contribution < 1.29 is 63.0 Å². The molecule has 416 valence electrons. The number of carbonyl (C=O) groups is 1. The van der Waals surface area contributed by atoms with Crippen molar-refractivity contribution in [3.63, 3.8) is 0 Å². The number of aromatic nitrogens is 3. The van der Waals surface area contributed by atoms with Crippen LogP contribution >= 0.6 is 21.0 Å². The Bertz CT molecular complexity index is 2050. The third-order valence-electron chi connectivity index (χ3n) is 15.7. The zero-order valence-corrected chi connectivity index (χ0v) is 47.1. The van der Waals surface area contributed by atoms with Gasteiger partial charge in [0, 0.05) is 75.0 Å². The van der Waals surface area contributed by atoms with Gasteiger partial charge >= 0.3 is 5.97 Å². The van der Waals surface area contributed by atoms with Gasteiger partial charge in [-0.2, -0.15) is 11.8 Å². The van der Waals surface area contributed by atoms with Gasteiger partial charge in [-0.3, -0.25) is 14.9 Å². The van der Waals surface area contributed by atoms with Crippen molar-refractivity contribution in [3.05, 3.63) is 51.8 Å². The van der Waals surface area contributed by atoms with E-state index in [-0.39, 0.29) is 35.7 Å². The molecular weight excluding hydrogens is 987 g/mol. The van der Waals surface area contributed by atoms with Gasteiger partial charge in [-0.25, -0.2) is 9.07 Å². The lowest BCUT2D eigenvalue weighted by Crippen LogP contribution is -2.60. The zero-order chi connectivity index (χ0) is 54.3. The molecule has 2 aromatic rings. The molecule has 0 aliphatic carbocycles. The van der Waals surface area contributed by atoms with E-state index in [1.54, 1.807) is 46.0 Å². The molecule has 73 heavy (non-hydrogen) atoms. The molecule has 4 heterocycles. The predicted molar refractivity (Wildman–Crippen MR) is 279 cm³/mol. The van der Waals surface area contributed by atoms with E-state index in [0.29, 0.717) is 43.8 Å². The molecule has 0 spiro atoms. The van der Waals surface area contributed by atoms with Crippen molar-refractivity contribution in [2.24, 2.45) is 17.8 Å². The Morgan fingerprint density at radius 1 is 1.05 bits per heavy atom. The Morgan fingerprint density at radius 3 is 2.33 bits per heavy atom. The molecule has 3 aliphatic rings. The van der Waals surface area contributed by atoms with E-state index in [0.717, 1.165) is 5.56 Å².